The van der Waals surface area contributed by atoms with E-state index >= 15 is 0 Å². The molecule has 4 rings (SSSR count). The summed E-state index contributed by atoms with van der Waals surface area (Å²) in [6.45, 7) is 1.28. The number of rotatable bonds is 4. The molecule has 2 fully saturated rings. The van der Waals surface area contributed by atoms with E-state index in [-0.39, 0.29) is 29.4 Å². The number of benzene rings is 1. The lowest BCUT2D eigenvalue weighted by Gasteiger charge is -2.33. The number of hydrogen-bond acceptors (Lipinski definition) is 7. The Balaban J connectivity index is 1.58. The topological polar surface area (TPSA) is 97.9 Å². The van der Waals surface area contributed by atoms with Gasteiger partial charge in [0.05, 0.1) is 12.7 Å². The number of piperidine rings is 1. The van der Waals surface area contributed by atoms with E-state index in [9.17, 15) is 9.90 Å². The zero-order valence-electron chi connectivity index (χ0n) is 15.3. The number of hydrogen-bond donors (Lipinski definition) is 1. The molecule has 2 atom stereocenters. The molecule has 2 aliphatic heterocycles. The van der Waals surface area contributed by atoms with Gasteiger partial charge in [-0.25, -0.2) is 0 Å². The fourth-order valence-corrected chi connectivity index (χ4v) is 3.69. The van der Waals surface area contributed by atoms with Crippen LogP contribution in [0.4, 0.5) is 0 Å². The van der Waals surface area contributed by atoms with Gasteiger partial charge in [-0.1, -0.05) is 0 Å². The lowest BCUT2D eigenvalue weighted by Crippen LogP contribution is -2.38. The highest BCUT2D eigenvalue weighted by Crippen LogP contribution is 2.35. The van der Waals surface area contributed by atoms with Crippen LogP contribution >= 0.6 is 0 Å². The predicted molar refractivity (Wildman–Crippen MR) is 94.5 cm³/mol. The molecule has 0 spiro atoms. The summed E-state index contributed by atoms with van der Waals surface area (Å²) < 4.78 is 16.6. The summed E-state index contributed by atoms with van der Waals surface area (Å²) in [4.78, 5) is 14.8. The van der Waals surface area contributed by atoms with Gasteiger partial charge in [-0.15, -0.1) is 10.2 Å². The summed E-state index contributed by atoms with van der Waals surface area (Å²) in [5, 5.41) is 18.6. The van der Waals surface area contributed by atoms with Crippen molar-refractivity contribution in [1.29, 1.82) is 0 Å². The van der Waals surface area contributed by atoms with Crippen molar-refractivity contribution >= 4 is 5.91 Å². The Hall–Kier alpha value is -2.61. The van der Waals surface area contributed by atoms with Crippen molar-refractivity contribution < 1.29 is 23.8 Å². The predicted octanol–water partition coefficient (Wildman–Crippen LogP) is 3.00. The SMILES string of the molecule is COc1ccc(C(=O)N2CCCC[C@@H]2c2nnc([C@H]3CCCO3)o2)c(O)c1. The summed E-state index contributed by atoms with van der Waals surface area (Å²) in [6, 6.07) is 4.38. The second-order valence-corrected chi connectivity index (χ2v) is 6.87. The summed E-state index contributed by atoms with van der Waals surface area (Å²) in [7, 11) is 1.51. The van der Waals surface area contributed by atoms with Crippen molar-refractivity contribution in [1.82, 2.24) is 15.1 Å². The molecule has 3 heterocycles. The van der Waals surface area contributed by atoms with E-state index in [4.69, 9.17) is 13.9 Å². The third-order valence-electron chi connectivity index (χ3n) is 5.15. The molecule has 144 valence electrons. The average Bonchev–Trinajstić information content (AvgIpc) is 3.39. The lowest BCUT2D eigenvalue weighted by molar-refractivity contribution is 0.0547. The Morgan fingerprint density at radius 3 is 2.81 bits per heavy atom. The number of aromatic hydroxyl groups is 1. The molecule has 2 aromatic rings. The van der Waals surface area contributed by atoms with Crippen molar-refractivity contribution in [2.24, 2.45) is 0 Å². The van der Waals surface area contributed by atoms with Crippen LogP contribution < -0.4 is 4.74 Å². The zero-order valence-corrected chi connectivity index (χ0v) is 15.3. The molecule has 8 nitrogen and oxygen atoms in total. The van der Waals surface area contributed by atoms with Crippen LogP contribution in [0.15, 0.2) is 22.6 Å². The van der Waals surface area contributed by atoms with Crippen molar-refractivity contribution in [3.05, 3.63) is 35.5 Å². The first kappa shape index (κ1) is 17.8. The number of likely N-dealkylation sites (tertiary alicyclic amines) is 1. The van der Waals surface area contributed by atoms with Gasteiger partial charge >= 0.3 is 0 Å². The molecular weight excluding hydrogens is 350 g/mol. The molecule has 2 saturated heterocycles. The quantitative estimate of drug-likeness (QED) is 0.879. The highest BCUT2D eigenvalue weighted by atomic mass is 16.5. The van der Waals surface area contributed by atoms with Gasteiger partial charge in [0.15, 0.2) is 0 Å². The maximum Gasteiger partial charge on any atom is 0.258 e. The average molecular weight is 373 g/mol. The van der Waals surface area contributed by atoms with Gasteiger partial charge in [0.1, 0.15) is 23.6 Å². The van der Waals surface area contributed by atoms with Crippen molar-refractivity contribution in [2.45, 2.75) is 44.2 Å². The zero-order chi connectivity index (χ0) is 18.8. The second-order valence-electron chi connectivity index (χ2n) is 6.87. The molecule has 27 heavy (non-hydrogen) atoms. The molecule has 1 N–H and O–H groups in total. The van der Waals surface area contributed by atoms with Gasteiger partial charge in [0, 0.05) is 19.2 Å². The van der Waals surface area contributed by atoms with Crippen molar-refractivity contribution in [3.8, 4) is 11.5 Å². The van der Waals surface area contributed by atoms with Crippen LogP contribution in [0.2, 0.25) is 0 Å². The Kier molecular flexibility index (Phi) is 4.98. The van der Waals surface area contributed by atoms with Crippen LogP contribution in [-0.2, 0) is 4.74 Å². The van der Waals surface area contributed by atoms with E-state index in [1.165, 1.54) is 13.2 Å². The lowest BCUT2D eigenvalue weighted by atomic mass is 10.0. The van der Waals surface area contributed by atoms with Crippen molar-refractivity contribution in [3.63, 3.8) is 0 Å². The number of methoxy groups -OCH3 is 1. The van der Waals surface area contributed by atoms with E-state index < -0.39 is 0 Å². The maximum absolute atomic E-state index is 13.1. The molecule has 1 aromatic heterocycles. The van der Waals surface area contributed by atoms with E-state index in [2.05, 4.69) is 10.2 Å². The molecule has 0 aliphatic carbocycles. The number of aromatic nitrogens is 2. The second kappa shape index (κ2) is 7.56. The number of carbonyl (C=O) groups excluding carboxylic acids is 1. The molecule has 1 amide bonds. The molecule has 0 saturated carbocycles. The highest BCUT2D eigenvalue weighted by Gasteiger charge is 2.34. The smallest absolute Gasteiger partial charge is 0.258 e. The van der Waals surface area contributed by atoms with E-state index in [0.29, 0.717) is 30.7 Å². The van der Waals surface area contributed by atoms with Crippen LogP contribution in [0.25, 0.3) is 0 Å². The minimum Gasteiger partial charge on any atom is -0.507 e. The fraction of sp³-hybridized carbons (Fsp3) is 0.526. The molecule has 2 aliphatic rings. The molecule has 0 bridgehead atoms. The number of carbonyl (C=O) groups is 1. The Morgan fingerprint density at radius 2 is 2.07 bits per heavy atom. The van der Waals surface area contributed by atoms with Gasteiger partial charge in [0.25, 0.3) is 5.91 Å². The number of phenolic OH excluding ortho intramolecular Hbond substituents is 1. The molecular formula is C19H23N3O5. The van der Waals surface area contributed by atoms with Crippen LogP contribution in [0, 0.1) is 0 Å². The number of ether oxygens (including phenoxy) is 2. The van der Waals surface area contributed by atoms with Gasteiger partial charge < -0.3 is 23.9 Å². The van der Waals surface area contributed by atoms with Gasteiger partial charge in [0.2, 0.25) is 11.8 Å². The highest BCUT2D eigenvalue weighted by molar-refractivity contribution is 5.97. The maximum atomic E-state index is 13.1. The Morgan fingerprint density at radius 1 is 1.22 bits per heavy atom. The first-order chi connectivity index (χ1) is 13.2. The monoisotopic (exact) mass is 373 g/mol. The molecule has 8 heteroatoms. The molecule has 0 radical (unpaired) electrons. The van der Waals surface area contributed by atoms with Gasteiger partial charge in [-0.05, 0) is 44.2 Å². The first-order valence-electron chi connectivity index (χ1n) is 9.30. The van der Waals surface area contributed by atoms with E-state index in [1.807, 2.05) is 0 Å². The third kappa shape index (κ3) is 3.49. The van der Waals surface area contributed by atoms with Crippen LogP contribution in [0.1, 0.15) is 66.4 Å². The third-order valence-corrected chi connectivity index (χ3v) is 5.15. The first-order valence-corrected chi connectivity index (χ1v) is 9.30. The number of nitrogens with zero attached hydrogens (tertiary/aromatic N) is 3. The van der Waals surface area contributed by atoms with Gasteiger partial charge in [-0.3, -0.25) is 4.79 Å². The van der Waals surface area contributed by atoms with E-state index in [1.54, 1.807) is 17.0 Å². The van der Waals surface area contributed by atoms with Crippen LogP contribution in [-0.4, -0.2) is 46.4 Å². The minimum atomic E-state index is -0.296. The van der Waals surface area contributed by atoms with E-state index in [0.717, 1.165) is 32.1 Å². The standard InChI is InChI=1S/C19H23N3O5/c1-25-12-7-8-13(15(23)11-12)19(24)22-9-3-2-5-14(22)17-20-21-18(27-17)16-6-4-10-26-16/h7-8,11,14,16,23H,2-6,9-10H2,1H3/t14-,16-/m1/s1. The summed E-state index contributed by atoms with van der Waals surface area (Å²) in [6.07, 6.45) is 4.31. The summed E-state index contributed by atoms with van der Waals surface area (Å²) >= 11 is 0. The Labute approximate surface area is 157 Å². The number of amides is 1. The number of phenols is 1. The molecule has 0 unspecified atom stereocenters. The minimum absolute atomic E-state index is 0.103. The summed E-state index contributed by atoms with van der Waals surface area (Å²) in [5.41, 5.74) is 0.238. The van der Waals surface area contributed by atoms with Crippen molar-refractivity contribution in [2.75, 3.05) is 20.3 Å². The normalized spacial score (nSPS) is 22.8. The van der Waals surface area contributed by atoms with Crippen LogP contribution in [0.3, 0.4) is 0 Å². The largest absolute Gasteiger partial charge is 0.507 e. The Bertz CT molecular complexity index is 815. The van der Waals surface area contributed by atoms with Gasteiger partial charge in [-0.2, -0.15) is 0 Å². The summed E-state index contributed by atoms with van der Waals surface area (Å²) in [5.74, 6) is 1.05. The van der Waals surface area contributed by atoms with Crippen LogP contribution in [0.5, 0.6) is 11.5 Å². The molecule has 1 aromatic carbocycles. The fourth-order valence-electron chi connectivity index (χ4n) is 3.69.